The first-order valence-corrected chi connectivity index (χ1v) is 9.01. The third kappa shape index (κ3) is 4.23. The number of nitrogens with one attached hydrogen (secondary N) is 1. The van der Waals surface area contributed by atoms with Gasteiger partial charge in [0, 0.05) is 26.2 Å². The van der Waals surface area contributed by atoms with Gasteiger partial charge in [-0.15, -0.1) is 0 Å². The van der Waals surface area contributed by atoms with E-state index < -0.39 is 0 Å². The number of piperazine rings is 1. The second-order valence-electron chi connectivity index (χ2n) is 6.85. The van der Waals surface area contributed by atoms with Crippen LogP contribution in [0.5, 0.6) is 5.75 Å². The van der Waals surface area contributed by atoms with Crippen LogP contribution >= 0.6 is 0 Å². The molecule has 0 saturated carbocycles. The van der Waals surface area contributed by atoms with Gasteiger partial charge in [-0.05, 0) is 37.2 Å². The number of hydrogen-bond donors (Lipinski definition) is 1. The Morgan fingerprint density at radius 3 is 2.42 bits per heavy atom. The van der Waals surface area contributed by atoms with Gasteiger partial charge in [-0.2, -0.15) is 0 Å². The number of nitrogens with zero attached hydrogens (tertiary/aromatic N) is 2. The van der Waals surface area contributed by atoms with Gasteiger partial charge in [-0.25, -0.2) is 0 Å². The molecule has 1 heterocycles. The highest BCUT2D eigenvalue weighted by Gasteiger charge is 2.30. The number of rotatable bonds is 5. The van der Waals surface area contributed by atoms with Crippen LogP contribution in [0.1, 0.15) is 17.2 Å². The molecule has 0 radical (unpaired) electrons. The highest BCUT2D eigenvalue weighted by atomic mass is 16.5. The first-order valence-electron chi connectivity index (χ1n) is 9.01. The fourth-order valence-corrected chi connectivity index (χ4v) is 3.36. The van der Waals surface area contributed by atoms with Crippen LogP contribution in [-0.2, 0) is 4.79 Å². The number of hydrogen-bond acceptors (Lipinski definition) is 4. The van der Waals surface area contributed by atoms with Crippen LogP contribution in [0.25, 0.3) is 0 Å². The summed E-state index contributed by atoms with van der Waals surface area (Å²) in [6.07, 6.45) is 0. The monoisotopic (exact) mass is 353 g/mol. The van der Waals surface area contributed by atoms with Crippen molar-refractivity contribution in [3.05, 3.63) is 59.7 Å². The fraction of sp³-hybridized carbons (Fsp3) is 0.381. The Morgan fingerprint density at radius 1 is 1.08 bits per heavy atom. The summed E-state index contributed by atoms with van der Waals surface area (Å²) in [6.45, 7) is 5.67. The molecule has 1 aliphatic heterocycles. The number of anilines is 1. The molecule has 138 valence electrons. The molecule has 1 amide bonds. The number of carbonyl (C=O) groups is 1. The number of carbonyl (C=O) groups excluding carboxylic acids is 1. The van der Waals surface area contributed by atoms with E-state index in [1.165, 1.54) is 0 Å². The molecule has 1 fully saturated rings. The van der Waals surface area contributed by atoms with Gasteiger partial charge in [-0.3, -0.25) is 9.69 Å². The zero-order valence-electron chi connectivity index (χ0n) is 15.7. The van der Waals surface area contributed by atoms with Crippen LogP contribution in [0.4, 0.5) is 5.69 Å². The number of amides is 1. The molecule has 0 bridgehead atoms. The Hall–Kier alpha value is -2.37. The second kappa shape index (κ2) is 8.34. The molecular formula is C21H27N3O2. The van der Waals surface area contributed by atoms with Crippen LogP contribution in [0.3, 0.4) is 0 Å². The average molecular weight is 353 g/mol. The smallest absolute Gasteiger partial charge is 0.246 e. The van der Waals surface area contributed by atoms with Gasteiger partial charge in [0.25, 0.3) is 0 Å². The zero-order valence-corrected chi connectivity index (χ0v) is 15.7. The van der Waals surface area contributed by atoms with Crippen LogP contribution in [0.15, 0.2) is 48.5 Å². The van der Waals surface area contributed by atoms with Crippen LogP contribution in [0.2, 0.25) is 0 Å². The number of benzene rings is 2. The molecule has 0 aromatic heterocycles. The molecule has 0 unspecified atom stereocenters. The lowest BCUT2D eigenvalue weighted by molar-refractivity contribution is -0.122. The maximum atomic E-state index is 13.3. The molecule has 5 nitrogen and oxygen atoms in total. The number of methoxy groups -OCH3 is 1. The van der Waals surface area contributed by atoms with Crippen LogP contribution < -0.4 is 10.1 Å². The largest absolute Gasteiger partial charge is 0.495 e. The molecular weight excluding hydrogens is 326 g/mol. The molecule has 5 heteroatoms. The summed E-state index contributed by atoms with van der Waals surface area (Å²) in [4.78, 5) is 17.8. The first-order chi connectivity index (χ1) is 12.6. The fourth-order valence-electron chi connectivity index (χ4n) is 3.36. The van der Waals surface area contributed by atoms with Gasteiger partial charge in [-0.1, -0.05) is 36.4 Å². The molecule has 1 saturated heterocycles. The summed E-state index contributed by atoms with van der Waals surface area (Å²) >= 11 is 0. The van der Waals surface area contributed by atoms with Crippen molar-refractivity contribution in [2.24, 2.45) is 0 Å². The van der Waals surface area contributed by atoms with Crippen molar-refractivity contribution >= 4 is 11.6 Å². The molecule has 0 aliphatic carbocycles. The van der Waals surface area contributed by atoms with Gasteiger partial charge in [0.2, 0.25) is 5.91 Å². The Kier molecular flexibility index (Phi) is 5.91. The van der Waals surface area contributed by atoms with E-state index in [0.717, 1.165) is 37.3 Å². The third-order valence-corrected chi connectivity index (χ3v) is 4.88. The van der Waals surface area contributed by atoms with Gasteiger partial charge >= 0.3 is 0 Å². The standard InChI is InChI=1S/C21H27N3O2/c1-16-9-10-19(26-3)18(15-16)22-21(25)20(17-7-5-4-6-8-17)24-13-11-23(2)12-14-24/h4-10,15,20H,11-14H2,1-3H3,(H,22,25)/t20-/m0/s1. The van der Waals surface area contributed by atoms with Crippen molar-refractivity contribution in [3.8, 4) is 5.75 Å². The van der Waals surface area contributed by atoms with Crippen LogP contribution in [0, 0.1) is 6.92 Å². The predicted octanol–water partition coefficient (Wildman–Crippen LogP) is 2.93. The van der Waals surface area contributed by atoms with Crippen molar-refractivity contribution in [2.45, 2.75) is 13.0 Å². The third-order valence-electron chi connectivity index (χ3n) is 4.88. The topological polar surface area (TPSA) is 44.8 Å². The maximum Gasteiger partial charge on any atom is 0.246 e. The lowest BCUT2D eigenvalue weighted by atomic mass is 10.0. The molecule has 1 atom stereocenters. The molecule has 2 aromatic rings. The molecule has 26 heavy (non-hydrogen) atoms. The minimum Gasteiger partial charge on any atom is -0.495 e. The number of likely N-dealkylation sites (N-methyl/N-ethyl adjacent to an activating group) is 1. The van der Waals surface area contributed by atoms with E-state index in [1.807, 2.05) is 55.5 Å². The molecule has 1 N–H and O–H groups in total. The van der Waals surface area contributed by atoms with Gasteiger partial charge in [0.05, 0.1) is 12.8 Å². The lowest BCUT2D eigenvalue weighted by Gasteiger charge is -2.37. The highest BCUT2D eigenvalue weighted by molar-refractivity contribution is 5.96. The van der Waals surface area contributed by atoms with Crippen molar-refractivity contribution in [3.63, 3.8) is 0 Å². The highest BCUT2D eigenvalue weighted by Crippen LogP contribution is 2.29. The van der Waals surface area contributed by atoms with Crippen LogP contribution in [-0.4, -0.2) is 56.0 Å². The molecule has 2 aromatic carbocycles. The normalized spacial score (nSPS) is 16.9. The molecule has 3 rings (SSSR count). The summed E-state index contributed by atoms with van der Waals surface area (Å²) in [6, 6.07) is 15.5. The summed E-state index contributed by atoms with van der Waals surface area (Å²) < 4.78 is 5.41. The average Bonchev–Trinajstić information content (AvgIpc) is 2.65. The summed E-state index contributed by atoms with van der Waals surface area (Å²) in [5.41, 5.74) is 2.81. The SMILES string of the molecule is COc1ccc(C)cc1NC(=O)[C@H](c1ccccc1)N1CCN(C)CC1. The van der Waals surface area contributed by atoms with E-state index in [4.69, 9.17) is 4.74 Å². The first kappa shape index (κ1) is 18.4. The minimum atomic E-state index is -0.310. The minimum absolute atomic E-state index is 0.0235. The Balaban J connectivity index is 1.87. The Bertz CT molecular complexity index is 740. The Morgan fingerprint density at radius 2 is 1.77 bits per heavy atom. The second-order valence-corrected chi connectivity index (χ2v) is 6.85. The van der Waals surface area contributed by atoms with E-state index in [9.17, 15) is 4.79 Å². The van der Waals surface area contributed by atoms with E-state index in [-0.39, 0.29) is 11.9 Å². The van der Waals surface area contributed by atoms with Gasteiger partial charge in [0.1, 0.15) is 11.8 Å². The van der Waals surface area contributed by atoms with Crippen molar-refractivity contribution in [1.29, 1.82) is 0 Å². The molecule has 0 spiro atoms. The summed E-state index contributed by atoms with van der Waals surface area (Å²) in [7, 11) is 3.74. The van der Waals surface area contributed by atoms with E-state index in [1.54, 1.807) is 7.11 Å². The predicted molar refractivity (Wildman–Crippen MR) is 105 cm³/mol. The van der Waals surface area contributed by atoms with Crippen molar-refractivity contribution in [2.75, 3.05) is 45.7 Å². The quantitative estimate of drug-likeness (QED) is 0.898. The van der Waals surface area contributed by atoms with Gasteiger partial charge in [0.15, 0.2) is 0 Å². The van der Waals surface area contributed by atoms with E-state index in [2.05, 4.69) is 22.2 Å². The van der Waals surface area contributed by atoms with E-state index >= 15 is 0 Å². The summed E-state index contributed by atoms with van der Waals surface area (Å²) in [5.74, 6) is 0.652. The van der Waals surface area contributed by atoms with E-state index in [0.29, 0.717) is 11.4 Å². The molecule has 1 aliphatic rings. The number of aryl methyl sites for hydroxylation is 1. The van der Waals surface area contributed by atoms with Crippen molar-refractivity contribution in [1.82, 2.24) is 9.80 Å². The lowest BCUT2D eigenvalue weighted by Crippen LogP contribution is -2.48. The summed E-state index contributed by atoms with van der Waals surface area (Å²) in [5, 5.41) is 3.09. The number of ether oxygens (including phenoxy) is 1. The van der Waals surface area contributed by atoms with Crippen molar-refractivity contribution < 1.29 is 9.53 Å². The zero-order chi connectivity index (χ0) is 18.5. The van der Waals surface area contributed by atoms with Gasteiger partial charge < -0.3 is 15.0 Å². The maximum absolute atomic E-state index is 13.3. The Labute approximate surface area is 155 Å².